The highest BCUT2D eigenvalue weighted by atomic mass is 35.5. The zero-order chi connectivity index (χ0) is 15.2. The first-order valence-electron chi connectivity index (χ1n) is 6.99. The molecule has 0 aromatic heterocycles. The van der Waals surface area contributed by atoms with Crippen LogP contribution >= 0.6 is 11.6 Å². The van der Waals surface area contributed by atoms with E-state index in [9.17, 15) is 9.59 Å². The SMILES string of the molecule is O=C(O)C1CCCCN1C(=O)CCOc1ccccc1Cl. The van der Waals surface area contributed by atoms with Gasteiger partial charge in [-0.1, -0.05) is 23.7 Å². The van der Waals surface area contributed by atoms with Crippen LogP contribution in [0.15, 0.2) is 24.3 Å². The second-order valence-electron chi connectivity index (χ2n) is 4.97. The van der Waals surface area contributed by atoms with Gasteiger partial charge >= 0.3 is 5.97 Å². The van der Waals surface area contributed by atoms with Gasteiger partial charge < -0.3 is 14.7 Å². The van der Waals surface area contributed by atoms with Crippen molar-refractivity contribution in [2.75, 3.05) is 13.2 Å². The first-order chi connectivity index (χ1) is 10.1. The number of aliphatic carboxylic acids is 1. The molecule has 114 valence electrons. The van der Waals surface area contributed by atoms with Gasteiger partial charge in [0.25, 0.3) is 0 Å². The topological polar surface area (TPSA) is 66.8 Å². The van der Waals surface area contributed by atoms with Gasteiger partial charge in [0.1, 0.15) is 11.8 Å². The molecule has 0 bridgehead atoms. The van der Waals surface area contributed by atoms with E-state index in [2.05, 4.69) is 0 Å². The number of carboxylic acids is 1. The van der Waals surface area contributed by atoms with Crippen LogP contribution < -0.4 is 4.74 Å². The molecule has 1 aromatic rings. The van der Waals surface area contributed by atoms with Crippen molar-refractivity contribution in [3.63, 3.8) is 0 Å². The van der Waals surface area contributed by atoms with Gasteiger partial charge in [0.2, 0.25) is 5.91 Å². The van der Waals surface area contributed by atoms with Crippen molar-refractivity contribution in [2.45, 2.75) is 31.7 Å². The second-order valence-corrected chi connectivity index (χ2v) is 5.37. The van der Waals surface area contributed by atoms with Crippen molar-refractivity contribution in [3.8, 4) is 5.75 Å². The number of hydrogen-bond donors (Lipinski definition) is 1. The summed E-state index contributed by atoms with van der Waals surface area (Å²) >= 11 is 5.95. The summed E-state index contributed by atoms with van der Waals surface area (Å²) in [6.07, 6.45) is 2.36. The molecule has 1 aromatic carbocycles. The summed E-state index contributed by atoms with van der Waals surface area (Å²) in [7, 11) is 0. The minimum Gasteiger partial charge on any atom is -0.491 e. The molecule has 1 unspecified atom stereocenters. The number of ether oxygens (including phenoxy) is 1. The summed E-state index contributed by atoms with van der Waals surface area (Å²) in [4.78, 5) is 24.8. The third kappa shape index (κ3) is 4.11. The number of para-hydroxylation sites is 1. The quantitative estimate of drug-likeness (QED) is 0.907. The maximum atomic E-state index is 12.1. The van der Waals surface area contributed by atoms with Crippen LogP contribution in [-0.4, -0.2) is 41.1 Å². The standard InChI is InChI=1S/C15H18ClNO4/c16-11-5-1-2-7-13(11)21-10-8-14(18)17-9-4-3-6-12(17)15(19)20/h1-2,5,7,12H,3-4,6,8-10H2,(H,19,20). The van der Waals surface area contributed by atoms with Crippen molar-refractivity contribution in [1.29, 1.82) is 0 Å². The largest absolute Gasteiger partial charge is 0.491 e. The van der Waals surface area contributed by atoms with Gasteiger partial charge in [-0.15, -0.1) is 0 Å². The third-order valence-electron chi connectivity index (χ3n) is 3.52. The monoisotopic (exact) mass is 311 g/mol. The van der Waals surface area contributed by atoms with Crippen molar-refractivity contribution >= 4 is 23.5 Å². The molecule has 1 N–H and O–H groups in total. The lowest BCUT2D eigenvalue weighted by Crippen LogP contribution is -2.48. The molecule has 1 fully saturated rings. The van der Waals surface area contributed by atoms with E-state index in [1.807, 2.05) is 0 Å². The van der Waals surface area contributed by atoms with Gasteiger partial charge in [-0.05, 0) is 31.4 Å². The molecule has 0 spiro atoms. The van der Waals surface area contributed by atoms with Gasteiger partial charge in [-0.3, -0.25) is 4.79 Å². The van der Waals surface area contributed by atoms with E-state index in [1.54, 1.807) is 24.3 Å². The highest BCUT2D eigenvalue weighted by molar-refractivity contribution is 6.32. The summed E-state index contributed by atoms with van der Waals surface area (Å²) in [5.74, 6) is -0.593. The van der Waals surface area contributed by atoms with Crippen LogP contribution in [0.25, 0.3) is 0 Å². The highest BCUT2D eigenvalue weighted by Gasteiger charge is 2.31. The van der Waals surface area contributed by atoms with E-state index in [0.29, 0.717) is 23.7 Å². The van der Waals surface area contributed by atoms with Gasteiger partial charge in [-0.25, -0.2) is 4.79 Å². The van der Waals surface area contributed by atoms with Crippen LogP contribution in [0.5, 0.6) is 5.75 Å². The van der Waals surface area contributed by atoms with E-state index in [1.165, 1.54) is 4.90 Å². The summed E-state index contributed by atoms with van der Waals surface area (Å²) in [6, 6.07) is 6.34. The molecular formula is C15H18ClNO4. The number of nitrogens with zero attached hydrogens (tertiary/aromatic N) is 1. The average Bonchev–Trinajstić information content (AvgIpc) is 2.49. The minimum absolute atomic E-state index is 0.148. The molecule has 21 heavy (non-hydrogen) atoms. The predicted octanol–water partition coefficient (Wildman–Crippen LogP) is 2.57. The molecular weight excluding hydrogens is 294 g/mol. The number of rotatable bonds is 5. The van der Waals surface area contributed by atoms with Crippen LogP contribution in [0.1, 0.15) is 25.7 Å². The highest BCUT2D eigenvalue weighted by Crippen LogP contribution is 2.23. The third-order valence-corrected chi connectivity index (χ3v) is 3.83. The predicted molar refractivity (Wildman–Crippen MR) is 78.6 cm³/mol. The Morgan fingerprint density at radius 1 is 1.33 bits per heavy atom. The van der Waals surface area contributed by atoms with E-state index in [0.717, 1.165) is 12.8 Å². The first kappa shape index (κ1) is 15.6. The van der Waals surface area contributed by atoms with Crippen molar-refractivity contribution in [1.82, 2.24) is 4.90 Å². The lowest BCUT2D eigenvalue weighted by molar-refractivity contribution is -0.152. The maximum absolute atomic E-state index is 12.1. The molecule has 5 nitrogen and oxygen atoms in total. The Hall–Kier alpha value is -1.75. The molecule has 0 saturated carbocycles. The number of likely N-dealkylation sites (tertiary alicyclic amines) is 1. The fourth-order valence-electron chi connectivity index (χ4n) is 2.44. The fourth-order valence-corrected chi connectivity index (χ4v) is 2.63. The number of halogens is 1. The lowest BCUT2D eigenvalue weighted by atomic mass is 10.0. The molecule has 1 aliphatic heterocycles. The van der Waals surface area contributed by atoms with Gasteiger partial charge in [0.05, 0.1) is 18.1 Å². The van der Waals surface area contributed by atoms with E-state index >= 15 is 0 Å². The summed E-state index contributed by atoms with van der Waals surface area (Å²) in [5.41, 5.74) is 0. The Kier molecular flexibility index (Phi) is 5.44. The van der Waals surface area contributed by atoms with Crippen LogP contribution in [0, 0.1) is 0 Å². The minimum atomic E-state index is -0.935. The second kappa shape index (κ2) is 7.31. The van der Waals surface area contributed by atoms with Crippen LogP contribution in [-0.2, 0) is 9.59 Å². The number of carboxylic acid groups (broad SMARTS) is 1. The summed E-state index contributed by atoms with van der Waals surface area (Å²) in [5, 5.41) is 9.65. The molecule has 1 atom stereocenters. The maximum Gasteiger partial charge on any atom is 0.326 e. The summed E-state index contributed by atoms with van der Waals surface area (Å²) in [6.45, 7) is 0.688. The van der Waals surface area contributed by atoms with Crippen LogP contribution in [0.2, 0.25) is 5.02 Å². The van der Waals surface area contributed by atoms with Gasteiger partial charge in [-0.2, -0.15) is 0 Å². The van der Waals surface area contributed by atoms with Crippen molar-refractivity contribution < 1.29 is 19.4 Å². The molecule has 2 rings (SSSR count). The number of benzene rings is 1. The Morgan fingerprint density at radius 2 is 2.10 bits per heavy atom. The molecule has 0 radical (unpaired) electrons. The molecule has 1 amide bonds. The van der Waals surface area contributed by atoms with E-state index < -0.39 is 12.0 Å². The normalized spacial score (nSPS) is 18.3. The first-order valence-corrected chi connectivity index (χ1v) is 7.37. The molecule has 1 saturated heterocycles. The number of hydrogen-bond acceptors (Lipinski definition) is 3. The Bertz CT molecular complexity index is 520. The number of amides is 1. The molecule has 0 aliphatic carbocycles. The Morgan fingerprint density at radius 3 is 2.81 bits per heavy atom. The molecule has 1 aliphatic rings. The molecule has 1 heterocycles. The smallest absolute Gasteiger partial charge is 0.326 e. The summed E-state index contributed by atoms with van der Waals surface area (Å²) < 4.78 is 5.47. The molecule has 6 heteroatoms. The lowest BCUT2D eigenvalue weighted by Gasteiger charge is -2.33. The van der Waals surface area contributed by atoms with Gasteiger partial charge in [0, 0.05) is 6.54 Å². The van der Waals surface area contributed by atoms with E-state index in [-0.39, 0.29) is 18.9 Å². The van der Waals surface area contributed by atoms with Crippen LogP contribution in [0.4, 0.5) is 0 Å². The van der Waals surface area contributed by atoms with Gasteiger partial charge in [0.15, 0.2) is 0 Å². The zero-order valence-electron chi connectivity index (χ0n) is 11.6. The zero-order valence-corrected chi connectivity index (χ0v) is 12.4. The Balaban J connectivity index is 1.86. The Labute approximate surface area is 128 Å². The van der Waals surface area contributed by atoms with Crippen molar-refractivity contribution in [2.24, 2.45) is 0 Å². The van der Waals surface area contributed by atoms with Crippen molar-refractivity contribution in [3.05, 3.63) is 29.3 Å². The van der Waals surface area contributed by atoms with Crippen LogP contribution in [0.3, 0.4) is 0 Å². The number of carbonyl (C=O) groups is 2. The van der Waals surface area contributed by atoms with E-state index in [4.69, 9.17) is 21.4 Å². The average molecular weight is 312 g/mol. The number of carbonyl (C=O) groups excluding carboxylic acids is 1. The number of piperidine rings is 1. The fraction of sp³-hybridized carbons (Fsp3) is 0.467.